The number of nitrogens with zero attached hydrogens (tertiary/aromatic N) is 1. The zero-order valence-corrected chi connectivity index (χ0v) is 21.6. The minimum atomic E-state index is -0.458. The lowest BCUT2D eigenvalue weighted by atomic mass is 10.00. The molecule has 0 aliphatic rings. The van der Waals surface area contributed by atoms with Gasteiger partial charge in [0, 0.05) is 5.56 Å². The van der Waals surface area contributed by atoms with Crippen LogP contribution in [0.15, 0.2) is 72.8 Å². The Labute approximate surface area is 226 Å². The second-order valence-electron chi connectivity index (χ2n) is 7.87. The summed E-state index contributed by atoms with van der Waals surface area (Å²) in [5.74, 6) is -0.454. The van der Waals surface area contributed by atoms with Crippen molar-refractivity contribution in [3.8, 4) is 11.4 Å². The van der Waals surface area contributed by atoms with Gasteiger partial charge in [0.05, 0.1) is 29.1 Å². The molecule has 5 nitrogen and oxygen atoms in total. The highest BCUT2D eigenvalue weighted by Gasteiger charge is 2.30. The van der Waals surface area contributed by atoms with E-state index in [0.29, 0.717) is 11.3 Å². The number of aromatic amines is 1. The van der Waals surface area contributed by atoms with E-state index in [1.807, 2.05) is 30.3 Å². The summed E-state index contributed by atoms with van der Waals surface area (Å²) in [6.45, 7) is 0. The second kappa shape index (κ2) is 9.68. The molecule has 0 amide bonds. The fourth-order valence-electron chi connectivity index (χ4n) is 4.18. The molecule has 5 rings (SSSR count). The molecule has 0 atom stereocenters. The Morgan fingerprint density at radius 2 is 1.50 bits per heavy atom. The number of hydrogen-bond donors (Lipinski definition) is 1. The van der Waals surface area contributed by atoms with Crippen LogP contribution in [0.5, 0.6) is 5.75 Å². The van der Waals surface area contributed by atoms with Crippen molar-refractivity contribution in [3.63, 3.8) is 0 Å². The molecule has 0 aliphatic carbocycles. The maximum absolute atomic E-state index is 13.9. The molecule has 0 aliphatic heterocycles. The van der Waals surface area contributed by atoms with Crippen molar-refractivity contribution in [2.75, 3.05) is 7.11 Å². The van der Waals surface area contributed by atoms with Crippen molar-refractivity contribution in [1.82, 2.24) is 9.55 Å². The molecule has 3 aromatic carbocycles. The van der Waals surface area contributed by atoms with Gasteiger partial charge in [-0.3, -0.25) is 14.2 Å². The smallest absolute Gasteiger partial charge is 0.215 e. The first kappa shape index (κ1) is 24.5. The van der Waals surface area contributed by atoms with Crippen molar-refractivity contribution in [2.45, 2.75) is 0 Å². The Morgan fingerprint density at radius 1 is 0.833 bits per heavy atom. The summed E-state index contributed by atoms with van der Waals surface area (Å²) < 4.78 is 6.70. The number of para-hydroxylation sites is 1. The molecule has 5 aromatic rings. The molecule has 36 heavy (non-hydrogen) atoms. The van der Waals surface area contributed by atoms with Crippen molar-refractivity contribution >= 4 is 68.7 Å². The van der Waals surface area contributed by atoms with E-state index in [0.717, 1.165) is 10.8 Å². The number of methoxy groups -OCH3 is 1. The average molecular weight is 558 g/mol. The van der Waals surface area contributed by atoms with Gasteiger partial charge in [-0.05, 0) is 29.0 Å². The summed E-state index contributed by atoms with van der Waals surface area (Å²) in [5.41, 5.74) is 0.962. The lowest BCUT2D eigenvalue weighted by Crippen LogP contribution is -2.13. The molecule has 180 valence electrons. The van der Waals surface area contributed by atoms with Gasteiger partial charge in [0.1, 0.15) is 26.8 Å². The van der Waals surface area contributed by atoms with Crippen molar-refractivity contribution in [2.24, 2.45) is 0 Å². The largest absolute Gasteiger partial charge is 0.496 e. The SMILES string of the molecule is COc1ccccc1C(=O)c1[nH]c(Cl)c(Cl)c1-n1c(C(=O)c2cccc3ccccc23)cc(Cl)c1Cl. The molecule has 0 saturated heterocycles. The summed E-state index contributed by atoms with van der Waals surface area (Å²) in [5, 5.41) is 1.79. The molecular weight excluding hydrogens is 542 g/mol. The number of fused-ring (bicyclic) bond motifs is 1. The van der Waals surface area contributed by atoms with Crippen LogP contribution in [0.3, 0.4) is 0 Å². The predicted octanol–water partition coefficient (Wildman–Crippen LogP) is 8.04. The van der Waals surface area contributed by atoms with E-state index in [1.54, 1.807) is 36.4 Å². The summed E-state index contributed by atoms with van der Waals surface area (Å²) in [7, 11) is 1.46. The maximum atomic E-state index is 13.9. The topological polar surface area (TPSA) is 64.1 Å². The fraction of sp³-hybridized carbons (Fsp3) is 0.0370. The van der Waals surface area contributed by atoms with Crippen LogP contribution in [-0.2, 0) is 0 Å². The molecule has 9 heteroatoms. The van der Waals surface area contributed by atoms with Crippen molar-refractivity contribution in [1.29, 1.82) is 0 Å². The van der Waals surface area contributed by atoms with E-state index in [1.165, 1.54) is 17.7 Å². The van der Waals surface area contributed by atoms with E-state index in [9.17, 15) is 9.59 Å². The van der Waals surface area contributed by atoms with Gasteiger partial charge in [0.15, 0.2) is 0 Å². The monoisotopic (exact) mass is 556 g/mol. The summed E-state index contributed by atoms with van der Waals surface area (Å²) in [6.07, 6.45) is 0. The van der Waals surface area contributed by atoms with Gasteiger partial charge in [0.25, 0.3) is 0 Å². The van der Waals surface area contributed by atoms with Gasteiger partial charge < -0.3 is 9.72 Å². The van der Waals surface area contributed by atoms with Crippen LogP contribution in [-0.4, -0.2) is 28.2 Å². The first-order valence-electron chi connectivity index (χ1n) is 10.7. The fourth-order valence-corrected chi connectivity index (χ4v) is 5.01. The number of ether oxygens (including phenoxy) is 1. The molecule has 0 unspecified atom stereocenters. The lowest BCUT2D eigenvalue weighted by molar-refractivity contribution is 0.102. The number of halogens is 4. The molecule has 0 radical (unpaired) electrons. The van der Waals surface area contributed by atoms with Crippen LogP contribution in [0.25, 0.3) is 16.5 Å². The number of carbonyl (C=O) groups excluding carboxylic acids is 2. The Hall–Kier alpha value is -3.22. The van der Waals surface area contributed by atoms with Gasteiger partial charge in [-0.1, -0.05) is 101 Å². The number of ketones is 2. The number of H-pyrrole nitrogens is 1. The van der Waals surface area contributed by atoms with Crippen molar-refractivity contribution in [3.05, 3.63) is 116 Å². The molecule has 1 N–H and O–H groups in total. The van der Waals surface area contributed by atoms with Crippen molar-refractivity contribution < 1.29 is 14.3 Å². The minimum Gasteiger partial charge on any atom is -0.496 e. The molecule has 2 aromatic heterocycles. The first-order chi connectivity index (χ1) is 17.3. The third-order valence-corrected chi connectivity index (χ3v) is 7.34. The molecule has 0 bridgehead atoms. The summed E-state index contributed by atoms with van der Waals surface area (Å²) in [4.78, 5) is 30.3. The van der Waals surface area contributed by atoms with E-state index in [4.69, 9.17) is 51.1 Å². The van der Waals surface area contributed by atoms with E-state index in [2.05, 4.69) is 4.98 Å². The molecule has 0 saturated carbocycles. The predicted molar refractivity (Wildman–Crippen MR) is 144 cm³/mol. The quantitative estimate of drug-likeness (QED) is 0.215. The van der Waals surface area contributed by atoms with Gasteiger partial charge in [0.2, 0.25) is 11.6 Å². The lowest BCUT2D eigenvalue weighted by Gasteiger charge is -2.13. The van der Waals surface area contributed by atoms with Gasteiger partial charge in [-0.2, -0.15) is 0 Å². The summed E-state index contributed by atoms with van der Waals surface area (Å²) >= 11 is 25.9. The summed E-state index contributed by atoms with van der Waals surface area (Å²) in [6, 6.07) is 21.1. The van der Waals surface area contributed by atoms with Gasteiger partial charge in [-0.15, -0.1) is 0 Å². The third-order valence-electron chi connectivity index (χ3n) is 5.84. The molecule has 2 heterocycles. The number of aromatic nitrogens is 2. The van der Waals surface area contributed by atoms with E-state index in [-0.39, 0.29) is 48.8 Å². The van der Waals surface area contributed by atoms with Gasteiger partial charge in [-0.25, -0.2) is 0 Å². The van der Waals surface area contributed by atoms with Crippen LogP contribution < -0.4 is 4.74 Å². The standard InChI is InChI=1S/C27H16Cl4N2O3/c1-36-20-12-5-4-10-17(20)25(35)22-23(21(29)26(30)32-22)33-19(13-18(28)27(33)31)24(34)16-11-6-8-14-7-2-3-9-15(14)16/h2-13,32H,1H3. The van der Waals surface area contributed by atoms with E-state index < -0.39 is 5.78 Å². The molecular formula is C27H16Cl4N2O3. The number of benzene rings is 3. The average Bonchev–Trinajstić information content (AvgIpc) is 3.36. The van der Waals surface area contributed by atoms with Crippen LogP contribution >= 0.6 is 46.4 Å². The van der Waals surface area contributed by atoms with Crippen LogP contribution in [0.4, 0.5) is 0 Å². The number of nitrogens with one attached hydrogen (secondary N) is 1. The first-order valence-corrected chi connectivity index (χ1v) is 12.2. The number of rotatable bonds is 6. The Balaban J connectivity index is 1.74. The van der Waals surface area contributed by atoms with Crippen LogP contribution in [0.2, 0.25) is 20.4 Å². The van der Waals surface area contributed by atoms with Crippen LogP contribution in [0.1, 0.15) is 32.1 Å². The highest BCUT2D eigenvalue weighted by atomic mass is 35.5. The normalized spacial score (nSPS) is 11.1. The Morgan fingerprint density at radius 3 is 2.28 bits per heavy atom. The highest BCUT2D eigenvalue weighted by Crippen LogP contribution is 2.40. The molecule has 0 fully saturated rings. The zero-order valence-electron chi connectivity index (χ0n) is 18.6. The maximum Gasteiger partial charge on any atom is 0.215 e. The zero-order chi connectivity index (χ0) is 25.6. The third kappa shape index (κ3) is 3.98. The Bertz CT molecular complexity index is 1660. The number of carbonyl (C=O) groups is 2. The Kier molecular flexibility index (Phi) is 6.58. The number of hydrogen-bond acceptors (Lipinski definition) is 3. The van der Waals surface area contributed by atoms with E-state index >= 15 is 0 Å². The second-order valence-corrected chi connectivity index (χ2v) is 9.39. The molecule has 0 spiro atoms. The highest BCUT2D eigenvalue weighted by molar-refractivity contribution is 6.45. The van der Waals surface area contributed by atoms with Gasteiger partial charge >= 0.3 is 0 Å². The minimum absolute atomic E-state index is 0.00639. The van der Waals surface area contributed by atoms with Crippen LogP contribution in [0, 0.1) is 0 Å².